The lowest BCUT2D eigenvalue weighted by atomic mass is 10.1. The van der Waals surface area contributed by atoms with Gasteiger partial charge in [0.25, 0.3) is 0 Å². The molecule has 60 valence electrons. The van der Waals surface area contributed by atoms with Crippen molar-refractivity contribution in [2.24, 2.45) is 17.6 Å². The van der Waals surface area contributed by atoms with Gasteiger partial charge in [-0.2, -0.15) is 0 Å². The monoisotopic (exact) mass is 142 g/mol. The highest BCUT2D eigenvalue weighted by molar-refractivity contribution is 4.79. The van der Waals surface area contributed by atoms with Crippen LogP contribution in [-0.2, 0) is 0 Å². The highest BCUT2D eigenvalue weighted by atomic mass is 14.9. The number of nitrogens with one attached hydrogen (secondary N) is 1. The van der Waals surface area contributed by atoms with Gasteiger partial charge in [0.05, 0.1) is 0 Å². The van der Waals surface area contributed by atoms with Crippen LogP contribution in [0.4, 0.5) is 0 Å². The molecule has 1 saturated carbocycles. The van der Waals surface area contributed by atoms with Gasteiger partial charge in [-0.15, -0.1) is 0 Å². The maximum atomic E-state index is 5.34. The Hall–Kier alpha value is -0.0800. The predicted octanol–water partition coefficient (Wildman–Crippen LogP) is 0.581. The third-order valence-corrected chi connectivity index (χ3v) is 2.21. The van der Waals surface area contributed by atoms with Crippen molar-refractivity contribution >= 4 is 0 Å². The van der Waals surface area contributed by atoms with Crippen molar-refractivity contribution < 1.29 is 0 Å². The molecule has 0 radical (unpaired) electrons. The van der Waals surface area contributed by atoms with E-state index in [1.807, 2.05) is 0 Å². The molecule has 0 aromatic carbocycles. The summed E-state index contributed by atoms with van der Waals surface area (Å²) in [5.74, 6) is 1.89. The highest BCUT2D eigenvalue weighted by Gasteiger charge is 2.26. The Bertz CT molecular complexity index is 89.3. The Morgan fingerprint density at radius 1 is 1.60 bits per heavy atom. The molecular weight excluding hydrogens is 124 g/mol. The molecular formula is C8H18N2. The summed E-state index contributed by atoms with van der Waals surface area (Å²) in [4.78, 5) is 0. The zero-order chi connectivity index (χ0) is 7.40. The van der Waals surface area contributed by atoms with E-state index in [4.69, 9.17) is 5.73 Å². The molecule has 3 N–H and O–H groups in total. The van der Waals surface area contributed by atoms with Crippen LogP contribution >= 0.6 is 0 Å². The van der Waals surface area contributed by atoms with Gasteiger partial charge in [0.1, 0.15) is 0 Å². The summed E-state index contributed by atoms with van der Waals surface area (Å²) in [7, 11) is 0. The molecule has 0 amide bonds. The lowest BCUT2D eigenvalue weighted by molar-refractivity contribution is 0.465. The van der Waals surface area contributed by atoms with Gasteiger partial charge in [0.15, 0.2) is 0 Å². The fraction of sp³-hybridized carbons (Fsp3) is 1.00. The lowest BCUT2D eigenvalue weighted by Crippen LogP contribution is -2.27. The van der Waals surface area contributed by atoms with E-state index < -0.39 is 0 Å². The topological polar surface area (TPSA) is 38.0 Å². The van der Waals surface area contributed by atoms with Crippen LogP contribution in [0.1, 0.15) is 19.8 Å². The first-order valence-corrected chi connectivity index (χ1v) is 4.25. The predicted molar refractivity (Wildman–Crippen MR) is 43.8 cm³/mol. The van der Waals surface area contributed by atoms with Gasteiger partial charge >= 0.3 is 0 Å². The second kappa shape index (κ2) is 3.94. The summed E-state index contributed by atoms with van der Waals surface area (Å²) in [5, 5.41) is 3.33. The van der Waals surface area contributed by atoms with E-state index in [1.165, 1.54) is 12.8 Å². The number of hydrogen-bond acceptors (Lipinski definition) is 2. The maximum absolute atomic E-state index is 5.34. The molecule has 1 aliphatic carbocycles. The van der Waals surface area contributed by atoms with Crippen molar-refractivity contribution in [2.45, 2.75) is 19.8 Å². The normalized spacial score (nSPS) is 21.0. The molecule has 1 atom stereocenters. The molecule has 1 rings (SSSR count). The Balaban J connectivity index is 1.90. The molecule has 10 heavy (non-hydrogen) atoms. The minimum absolute atomic E-state index is 0.761. The van der Waals surface area contributed by atoms with Crippen LogP contribution in [0.5, 0.6) is 0 Å². The summed E-state index contributed by atoms with van der Waals surface area (Å²) >= 11 is 0. The SMILES string of the molecule is CC(CNCCN)C1CC1. The Morgan fingerprint density at radius 3 is 2.80 bits per heavy atom. The molecule has 0 aromatic rings. The summed E-state index contributed by atoms with van der Waals surface area (Å²) in [5.41, 5.74) is 5.34. The Kier molecular flexibility index (Phi) is 3.16. The Labute approximate surface area is 63.2 Å². The quantitative estimate of drug-likeness (QED) is 0.551. The van der Waals surface area contributed by atoms with Crippen molar-refractivity contribution in [3.63, 3.8) is 0 Å². The van der Waals surface area contributed by atoms with Crippen LogP contribution in [-0.4, -0.2) is 19.6 Å². The molecule has 0 aromatic heterocycles. The van der Waals surface area contributed by atoms with Gasteiger partial charge in [-0.05, 0) is 31.2 Å². The van der Waals surface area contributed by atoms with Gasteiger partial charge in [0.2, 0.25) is 0 Å². The largest absolute Gasteiger partial charge is 0.329 e. The average Bonchev–Trinajstić information content (AvgIpc) is 2.69. The van der Waals surface area contributed by atoms with Crippen LogP contribution in [0.3, 0.4) is 0 Å². The standard InChI is InChI=1S/C8H18N2/c1-7(8-2-3-8)6-10-5-4-9/h7-8,10H,2-6,9H2,1H3. The summed E-state index contributed by atoms with van der Waals surface area (Å²) in [6, 6.07) is 0. The van der Waals surface area contributed by atoms with Crippen molar-refractivity contribution in [1.29, 1.82) is 0 Å². The van der Waals surface area contributed by atoms with Crippen molar-refractivity contribution in [3.05, 3.63) is 0 Å². The summed E-state index contributed by atoms with van der Waals surface area (Å²) in [6.45, 7) is 5.21. The molecule has 0 heterocycles. The molecule has 0 bridgehead atoms. The van der Waals surface area contributed by atoms with Crippen LogP contribution in [0.25, 0.3) is 0 Å². The van der Waals surface area contributed by atoms with Crippen LogP contribution < -0.4 is 11.1 Å². The van der Waals surface area contributed by atoms with Crippen molar-refractivity contribution in [1.82, 2.24) is 5.32 Å². The first-order valence-electron chi connectivity index (χ1n) is 4.25. The third kappa shape index (κ3) is 2.67. The second-order valence-electron chi connectivity index (χ2n) is 3.31. The maximum Gasteiger partial charge on any atom is 0.00746 e. The number of hydrogen-bond donors (Lipinski definition) is 2. The van der Waals surface area contributed by atoms with E-state index in [0.29, 0.717) is 0 Å². The van der Waals surface area contributed by atoms with Crippen molar-refractivity contribution in [3.8, 4) is 0 Å². The molecule has 2 nitrogen and oxygen atoms in total. The first-order chi connectivity index (χ1) is 4.84. The van der Waals surface area contributed by atoms with Crippen LogP contribution in [0, 0.1) is 11.8 Å². The zero-order valence-electron chi connectivity index (χ0n) is 6.77. The second-order valence-corrected chi connectivity index (χ2v) is 3.31. The van der Waals surface area contributed by atoms with Gasteiger partial charge in [-0.3, -0.25) is 0 Å². The zero-order valence-corrected chi connectivity index (χ0v) is 6.77. The summed E-state index contributed by atoms with van der Waals surface area (Å²) in [6.07, 6.45) is 2.90. The molecule has 1 aliphatic rings. The van der Waals surface area contributed by atoms with E-state index in [1.54, 1.807) is 0 Å². The molecule has 0 saturated heterocycles. The van der Waals surface area contributed by atoms with E-state index in [0.717, 1.165) is 31.5 Å². The summed E-state index contributed by atoms with van der Waals surface area (Å²) < 4.78 is 0. The fourth-order valence-electron chi connectivity index (χ4n) is 1.26. The number of nitrogens with two attached hydrogens (primary N) is 1. The van der Waals surface area contributed by atoms with Crippen LogP contribution in [0.15, 0.2) is 0 Å². The van der Waals surface area contributed by atoms with Crippen LogP contribution in [0.2, 0.25) is 0 Å². The van der Waals surface area contributed by atoms with Gasteiger partial charge in [-0.25, -0.2) is 0 Å². The van der Waals surface area contributed by atoms with Gasteiger partial charge in [0, 0.05) is 13.1 Å². The Morgan fingerprint density at radius 2 is 2.30 bits per heavy atom. The van der Waals surface area contributed by atoms with E-state index in [9.17, 15) is 0 Å². The first kappa shape index (κ1) is 8.02. The van der Waals surface area contributed by atoms with Crippen molar-refractivity contribution in [2.75, 3.05) is 19.6 Å². The minimum Gasteiger partial charge on any atom is -0.329 e. The molecule has 1 unspecified atom stereocenters. The highest BCUT2D eigenvalue weighted by Crippen LogP contribution is 2.35. The van der Waals surface area contributed by atoms with Gasteiger partial charge < -0.3 is 11.1 Å². The average molecular weight is 142 g/mol. The fourth-order valence-corrected chi connectivity index (χ4v) is 1.26. The lowest BCUT2D eigenvalue weighted by Gasteiger charge is -2.09. The van der Waals surface area contributed by atoms with E-state index in [2.05, 4.69) is 12.2 Å². The molecule has 0 spiro atoms. The molecule has 1 fully saturated rings. The number of rotatable bonds is 5. The molecule has 2 heteroatoms. The minimum atomic E-state index is 0.761. The molecule has 0 aliphatic heterocycles. The van der Waals surface area contributed by atoms with E-state index >= 15 is 0 Å². The van der Waals surface area contributed by atoms with E-state index in [-0.39, 0.29) is 0 Å². The third-order valence-electron chi connectivity index (χ3n) is 2.21. The smallest absolute Gasteiger partial charge is 0.00746 e. The van der Waals surface area contributed by atoms with Gasteiger partial charge in [-0.1, -0.05) is 6.92 Å².